The number of methoxy groups -OCH3 is 1. The molecule has 0 bridgehead atoms. The van der Waals surface area contributed by atoms with Crippen molar-refractivity contribution in [2.75, 3.05) is 26.8 Å². The summed E-state index contributed by atoms with van der Waals surface area (Å²) in [5, 5.41) is 13.5. The lowest BCUT2D eigenvalue weighted by Crippen LogP contribution is -2.50. The minimum atomic E-state index is -0.914. The Morgan fingerprint density at radius 1 is 1.43 bits per heavy atom. The van der Waals surface area contributed by atoms with Gasteiger partial charge in [-0.05, 0) is 33.1 Å². The van der Waals surface area contributed by atoms with E-state index in [2.05, 4.69) is 5.16 Å². The van der Waals surface area contributed by atoms with Crippen molar-refractivity contribution in [3.63, 3.8) is 0 Å². The predicted octanol–water partition coefficient (Wildman–Crippen LogP) is 1.56. The Morgan fingerprint density at radius 3 is 2.74 bits per heavy atom. The fourth-order valence-electron chi connectivity index (χ4n) is 3.14. The Bertz CT molecular complexity index is 564. The molecule has 1 aromatic heterocycles. The molecule has 7 nitrogen and oxygen atoms in total. The van der Waals surface area contributed by atoms with Crippen LogP contribution >= 0.6 is 0 Å². The largest absolute Gasteiger partial charge is 0.481 e. The number of nitrogens with zero attached hydrogens (tertiary/aromatic N) is 2. The number of carboxylic acids is 1. The summed E-state index contributed by atoms with van der Waals surface area (Å²) < 4.78 is 10.1. The van der Waals surface area contributed by atoms with Crippen LogP contribution in [0, 0.1) is 19.3 Å². The molecular formula is C16H24N2O5. The molecule has 2 rings (SSSR count). The molecule has 2 heterocycles. The third kappa shape index (κ3) is 3.72. The number of ether oxygens (including phenoxy) is 1. The number of carboxylic acid groups (broad SMARTS) is 1. The number of carbonyl (C=O) groups excluding carboxylic acids is 1. The third-order valence-electron chi connectivity index (χ3n) is 4.68. The quantitative estimate of drug-likeness (QED) is 0.853. The highest BCUT2D eigenvalue weighted by atomic mass is 16.5. The molecular weight excluding hydrogens is 300 g/mol. The highest BCUT2D eigenvalue weighted by Crippen LogP contribution is 2.34. The van der Waals surface area contributed by atoms with E-state index in [4.69, 9.17) is 9.26 Å². The highest BCUT2D eigenvalue weighted by molar-refractivity contribution is 5.81. The van der Waals surface area contributed by atoms with E-state index in [0.717, 1.165) is 5.56 Å². The van der Waals surface area contributed by atoms with Gasteiger partial charge in [-0.1, -0.05) is 5.16 Å². The van der Waals surface area contributed by atoms with Crippen molar-refractivity contribution >= 4 is 11.9 Å². The second-order valence-electron chi connectivity index (χ2n) is 6.23. The van der Waals surface area contributed by atoms with Gasteiger partial charge in [-0.2, -0.15) is 0 Å². The van der Waals surface area contributed by atoms with E-state index >= 15 is 0 Å². The lowest BCUT2D eigenvalue weighted by molar-refractivity contribution is -0.156. The van der Waals surface area contributed by atoms with Crippen LogP contribution in [-0.4, -0.2) is 53.8 Å². The first-order chi connectivity index (χ1) is 10.9. The Labute approximate surface area is 135 Å². The van der Waals surface area contributed by atoms with Crippen molar-refractivity contribution in [3.8, 4) is 0 Å². The highest BCUT2D eigenvalue weighted by Gasteiger charge is 2.43. The summed E-state index contributed by atoms with van der Waals surface area (Å²) in [6.07, 6.45) is 1.86. The molecule has 23 heavy (non-hydrogen) atoms. The molecule has 128 valence electrons. The van der Waals surface area contributed by atoms with Crippen LogP contribution in [0.1, 0.15) is 36.3 Å². The Morgan fingerprint density at radius 2 is 2.17 bits per heavy atom. The van der Waals surface area contributed by atoms with Crippen LogP contribution < -0.4 is 0 Å². The normalized spacial score (nSPS) is 21.4. The first-order valence-corrected chi connectivity index (χ1v) is 7.81. The summed E-state index contributed by atoms with van der Waals surface area (Å²) in [6.45, 7) is 4.77. The van der Waals surface area contributed by atoms with Crippen LogP contribution in [-0.2, 0) is 20.7 Å². The first-order valence-electron chi connectivity index (χ1n) is 7.81. The zero-order valence-electron chi connectivity index (χ0n) is 13.9. The van der Waals surface area contributed by atoms with E-state index in [1.54, 1.807) is 25.9 Å². The van der Waals surface area contributed by atoms with Gasteiger partial charge in [0.25, 0.3) is 0 Å². The van der Waals surface area contributed by atoms with Crippen molar-refractivity contribution in [1.82, 2.24) is 10.1 Å². The summed E-state index contributed by atoms with van der Waals surface area (Å²) in [4.78, 5) is 26.0. The average Bonchev–Trinajstić information content (AvgIpc) is 2.84. The molecule has 1 fully saturated rings. The van der Waals surface area contributed by atoms with E-state index in [-0.39, 0.29) is 18.9 Å². The van der Waals surface area contributed by atoms with Crippen molar-refractivity contribution in [2.24, 2.45) is 5.41 Å². The average molecular weight is 324 g/mol. The minimum absolute atomic E-state index is 0.0814. The summed E-state index contributed by atoms with van der Waals surface area (Å²) >= 11 is 0. The maximum atomic E-state index is 12.6. The van der Waals surface area contributed by atoms with Crippen molar-refractivity contribution in [1.29, 1.82) is 0 Å². The SMILES string of the molecule is COCCC1(C(=O)O)CCCN(C(=O)Cc2c(C)noc2C)C1. The fourth-order valence-corrected chi connectivity index (χ4v) is 3.14. The molecule has 1 atom stereocenters. The third-order valence-corrected chi connectivity index (χ3v) is 4.68. The molecule has 1 unspecified atom stereocenters. The number of aromatic nitrogens is 1. The molecule has 0 radical (unpaired) electrons. The number of rotatable bonds is 6. The monoisotopic (exact) mass is 324 g/mol. The summed E-state index contributed by atoms with van der Waals surface area (Å²) in [5.74, 6) is -0.303. The zero-order chi connectivity index (χ0) is 17.0. The van der Waals surface area contributed by atoms with Crippen LogP contribution in [0.5, 0.6) is 0 Å². The van der Waals surface area contributed by atoms with Gasteiger partial charge in [-0.15, -0.1) is 0 Å². The van der Waals surface area contributed by atoms with E-state index in [1.165, 1.54) is 0 Å². The van der Waals surface area contributed by atoms with Gasteiger partial charge in [-0.3, -0.25) is 9.59 Å². The van der Waals surface area contributed by atoms with Gasteiger partial charge in [0.1, 0.15) is 5.76 Å². The lowest BCUT2D eigenvalue weighted by Gasteiger charge is -2.40. The number of carbonyl (C=O) groups is 2. The number of hydrogen-bond donors (Lipinski definition) is 1. The summed E-state index contributed by atoms with van der Waals surface area (Å²) in [5.41, 5.74) is 0.581. The Hall–Kier alpha value is -1.89. The van der Waals surface area contributed by atoms with Crippen LogP contribution in [0.25, 0.3) is 0 Å². The smallest absolute Gasteiger partial charge is 0.311 e. The number of aryl methyl sites for hydroxylation is 2. The maximum Gasteiger partial charge on any atom is 0.311 e. The minimum Gasteiger partial charge on any atom is -0.481 e. The van der Waals surface area contributed by atoms with E-state index in [1.807, 2.05) is 0 Å². The van der Waals surface area contributed by atoms with Crippen LogP contribution in [0.2, 0.25) is 0 Å². The maximum absolute atomic E-state index is 12.6. The van der Waals surface area contributed by atoms with Gasteiger partial charge >= 0.3 is 5.97 Å². The van der Waals surface area contributed by atoms with Crippen LogP contribution in [0.3, 0.4) is 0 Å². The summed E-state index contributed by atoms with van der Waals surface area (Å²) in [7, 11) is 1.55. The molecule has 7 heteroatoms. The number of likely N-dealkylation sites (tertiary alicyclic amines) is 1. The number of aliphatic carboxylic acids is 1. The van der Waals surface area contributed by atoms with Gasteiger partial charge in [0.05, 0.1) is 17.5 Å². The number of hydrogen-bond acceptors (Lipinski definition) is 5. The molecule has 1 saturated heterocycles. The molecule has 1 amide bonds. The van der Waals surface area contributed by atoms with Crippen LogP contribution in [0.4, 0.5) is 0 Å². The van der Waals surface area contributed by atoms with E-state index < -0.39 is 11.4 Å². The predicted molar refractivity (Wildman–Crippen MR) is 82.1 cm³/mol. The Kier molecular flexibility index (Phi) is 5.41. The molecule has 0 spiro atoms. The van der Waals surface area contributed by atoms with Gasteiger partial charge < -0.3 is 19.3 Å². The fraction of sp³-hybridized carbons (Fsp3) is 0.688. The summed E-state index contributed by atoms with van der Waals surface area (Å²) in [6, 6.07) is 0. The second-order valence-corrected chi connectivity index (χ2v) is 6.23. The van der Waals surface area contributed by atoms with Gasteiger partial charge in [0, 0.05) is 32.4 Å². The van der Waals surface area contributed by atoms with Gasteiger partial charge in [-0.25, -0.2) is 0 Å². The lowest BCUT2D eigenvalue weighted by atomic mass is 9.77. The first kappa shape index (κ1) is 17.5. The van der Waals surface area contributed by atoms with Crippen molar-refractivity contribution in [3.05, 3.63) is 17.0 Å². The van der Waals surface area contributed by atoms with Crippen molar-refractivity contribution < 1.29 is 24.0 Å². The molecule has 1 N–H and O–H groups in total. The van der Waals surface area contributed by atoms with E-state index in [0.29, 0.717) is 43.9 Å². The van der Waals surface area contributed by atoms with Crippen LogP contribution in [0.15, 0.2) is 4.52 Å². The molecule has 0 saturated carbocycles. The topological polar surface area (TPSA) is 92.9 Å². The van der Waals surface area contributed by atoms with Gasteiger partial charge in [0.2, 0.25) is 5.91 Å². The molecule has 0 aromatic carbocycles. The van der Waals surface area contributed by atoms with Crippen molar-refractivity contribution in [2.45, 2.75) is 39.5 Å². The standard InChI is InChI=1S/C16H24N2O5/c1-11-13(12(2)23-17-11)9-14(19)18-7-4-5-16(10-18,15(20)21)6-8-22-3/h4-10H2,1-3H3,(H,20,21). The molecule has 0 aliphatic carbocycles. The number of piperidine rings is 1. The number of amides is 1. The molecule has 1 aliphatic rings. The Balaban J connectivity index is 2.10. The molecule has 1 aliphatic heterocycles. The van der Waals surface area contributed by atoms with E-state index in [9.17, 15) is 14.7 Å². The second kappa shape index (κ2) is 7.12. The zero-order valence-corrected chi connectivity index (χ0v) is 13.9. The molecule has 1 aromatic rings. The van der Waals surface area contributed by atoms with Gasteiger partial charge in [0.15, 0.2) is 0 Å².